The van der Waals surface area contributed by atoms with Crippen LogP contribution in [0.4, 0.5) is 5.13 Å². The third-order valence-corrected chi connectivity index (χ3v) is 6.37. The first-order valence-corrected chi connectivity index (χ1v) is 11.5. The number of hydrogen-bond donors (Lipinski definition) is 1. The van der Waals surface area contributed by atoms with Crippen molar-refractivity contribution in [3.63, 3.8) is 0 Å². The molecule has 0 radical (unpaired) electrons. The number of amides is 1. The predicted molar refractivity (Wildman–Crippen MR) is 131 cm³/mol. The molecule has 33 heavy (non-hydrogen) atoms. The average molecular weight is 460 g/mol. The lowest BCUT2D eigenvalue weighted by atomic mass is 10.1. The monoisotopic (exact) mass is 459 g/mol. The maximum absolute atomic E-state index is 12.6. The van der Waals surface area contributed by atoms with Crippen molar-refractivity contribution in [1.29, 1.82) is 0 Å². The summed E-state index contributed by atoms with van der Waals surface area (Å²) < 4.78 is 6.99. The molecule has 0 saturated heterocycles. The lowest BCUT2D eigenvalue weighted by Crippen LogP contribution is -2.12. The molecule has 4 aromatic rings. The second-order valence-electron chi connectivity index (χ2n) is 7.73. The van der Waals surface area contributed by atoms with E-state index in [0.717, 1.165) is 29.9 Å². The number of ether oxygens (including phenoxy) is 1. The first-order chi connectivity index (χ1) is 16.0. The highest BCUT2D eigenvalue weighted by Crippen LogP contribution is 2.30. The van der Waals surface area contributed by atoms with E-state index in [9.17, 15) is 9.59 Å². The first-order valence-electron chi connectivity index (χ1n) is 10.6. The van der Waals surface area contributed by atoms with Gasteiger partial charge in [0, 0.05) is 34.4 Å². The molecular formula is C26H25N3O3S. The summed E-state index contributed by atoms with van der Waals surface area (Å²) in [6.07, 6.45) is 0.962. The molecule has 168 valence electrons. The van der Waals surface area contributed by atoms with Gasteiger partial charge < -0.3 is 9.30 Å². The fraction of sp³-hybridized carbons (Fsp3) is 0.192. The van der Waals surface area contributed by atoms with Gasteiger partial charge >= 0.3 is 5.97 Å². The molecule has 0 aliphatic carbocycles. The standard InChI is InChI=1S/C26H25N3O3S/c1-17-15-22(18(2)29(17)14-13-19-7-5-4-6-8-19)23-16-33-26(27-23)28-24(30)20-9-11-21(12-10-20)25(31)32-3/h4-12,15-16H,13-14H2,1-3H3,(H,27,28,30). The number of thiazole rings is 1. The molecule has 1 amide bonds. The van der Waals surface area contributed by atoms with Crippen LogP contribution in [0.1, 0.15) is 37.7 Å². The molecule has 0 fully saturated rings. The number of nitrogens with zero attached hydrogens (tertiary/aromatic N) is 2. The van der Waals surface area contributed by atoms with Gasteiger partial charge in [-0.3, -0.25) is 10.1 Å². The number of aryl methyl sites for hydroxylation is 2. The maximum Gasteiger partial charge on any atom is 0.337 e. The van der Waals surface area contributed by atoms with Crippen LogP contribution < -0.4 is 5.32 Å². The van der Waals surface area contributed by atoms with Crippen molar-refractivity contribution < 1.29 is 14.3 Å². The van der Waals surface area contributed by atoms with Crippen LogP contribution in [0.3, 0.4) is 0 Å². The Morgan fingerprint density at radius 1 is 1.03 bits per heavy atom. The minimum absolute atomic E-state index is 0.277. The van der Waals surface area contributed by atoms with Gasteiger partial charge in [0.25, 0.3) is 5.91 Å². The normalized spacial score (nSPS) is 10.8. The van der Waals surface area contributed by atoms with E-state index in [1.165, 1.54) is 29.7 Å². The second-order valence-corrected chi connectivity index (χ2v) is 8.59. The topological polar surface area (TPSA) is 73.2 Å². The van der Waals surface area contributed by atoms with Crippen molar-refractivity contribution in [3.05, 3.63) is 94.1 Å². The largest absolute Gasteiger partial charge is 0.465 e. The van der Waals surface area contributed by atoms with Crippen LogP contribution in [0.25, 0.3) is 11.3 Å². The van der Waals surface area contributed by atoms with Crippen molar-refractivity contribution in [2.45, 2.75) is 26.8 Å². The van der Waals surface area contributed by atoms with Crippen molar-refractivity contribution in [3.8, 4) is 11.3 Å². The SMILES string of the molecule is COC(=O)c1ccc(C(=O)Nc2nc(-c3cc(C)n(CCc4ccccc4)c3C)cs2)cc1. The summed E-state index contributed by atoms with van der Waals surface area (Å²) in [6, 6.07) is 18.9. The number of nitrogens with one attached hydrogen (secondary N) is 1. The third-order valence-electron chi connectivity index (χ3n) is 5.61. The Morgan fingerprint density at radius 2 is 1.73 bits per heavy atom. The van der Waals surface area contributed by atoms with Crippen molar-refractivity contribution in [2.24, 2.45) is 0 Å². The van der Waals surface area contributed by atoms with Gasteiger partial charge in [-0.1, -0.05) is 30.3 Å². The van der Waals surface area contributed by atoms with Crippen LogP contribution in [0, 0.1) is 13.8 Å². The summed E-state index contributed by atoms with van der Waals surface area (Å²) in [6.45, 7) is 5.11. The maximum atomic E-state index is 12.6. The Kier molecular flexibility index (Phi) is 6.70. The Morgan fingerprint density at radius 3 is 2.42 bits per heavy atom. The Hall–Kier alpha value is -3.71. The zero-order valence-corrected chi connectivity index (χ0v) is 19.6. The Bertz CT molecular complexity index is 1270. The molecule has 1 N–H and O–H groups in total. The molecule has 0 bridgehead atoms. The lowest BCUT2D eigenvalue weighted by molar-refractivity contribution is 0.0600. The highest BCUT2D eigenvalue weighted by Gasteiger charge is 2.16. The van der Waals surface area contributed by atoms with Crippen molar-refractivity contribution in [2.75, 3.05) is 12.4 Å². The molecule has 0 atom stereocenters. The number of anilines is 1. The number of methoxy groups -OCH3 is 1. The molecule has 0 aliphatic rings. The number of esters is 1. The fourth-order valence-corrected chi connectivity index (χ4v) is 4.50. The van der Waals surface area contributed by atoms with E-state index in [1.807, 2.05) is 11.4 Å². The van der Waals surface area contributed by atoms with Gasteiger partial charge in [-0.15, -0.1) is 11.3 Å². The van der Waals surface area contributed by atoms with E-state index in [2.05, 4.69) is 63.8 Å². The van der Waals surface area contributed by atoms with Crippen molar-refractivity contribution >= 4 is 28.3 Å². The van der Waals surface area contributed by atoms with E-state index in [0.29, 0.717) is 16.3 Å². The van der Waals surface area contributed by atoms with Crippen LogP contribution in [-0.4, -0.2) is 28.5 Å². The van der Waals surface area contributed by atoms with Crippen LogP contribution in [0.5, 0.6) is 0 Å². The van der Waals surface area contributed by atoms with Crippen LogP contribution in [0.15, 0.2) is 66.0 Å². The molecular weight excluding hydrogens is 434 g/mol. The summed E-state index contributed by atoms with van der Waals surface area (Å²) in [5.74, 6) is -0.714. The van der Waals surface area contributed by atoms with E-state index in [4.69, 9.17) is 0 Å². The van der Waals surface area contributed by atoms with E-state index >= 15 is 0 Å². The number of carbonyl (C=O) groups excluding carboxylic acids is 2. The molecule has 0 unspecified atom stereocenters. The zero-order valence-electron chi connectivity index (χ0n) is 18.8. The zero-order chi connectivity index (χ0) is 23.4. The summed E-state index contributed by atoms with van der Waals surface area (Å²) in [7, 11) is 1.32. The van der Waals surface area contributed by atoms with E-state index in [-0.39, 0.29) is 5.91 Å². The van der Waals surface area contributed by atoms with Gasteiger partial charge in [-0.2, -0.15) is 0 Å². The van der Waals surface area contributed by atoms with Gasteiger partial charge in [-0.25, -0.2) is 9.78 Å². The smallest absolute Gasteiger partial charge is 0.337 e. The Balaban J connectivity index is 1.46. The minimum Gasteiger partial charge on any atom is -0.465 e. The molecule has 0 saturated carbocycles. The highest BCUT2D eigenvalue weighted by atomic mass is 32.1. The second kappa shape index (κ2) is 9.83. The van der Waals surface area contributed by atoms with Gasteiger partial charge in [-0.05, 0) is 56.2 Å². The lowest BCUT2D eigenvalue weighted by Gasteiger charge is -2.09. The first kappa shape index (κ1) is 22.5. The number of rotatable bonds is 7. The number of hydrogen-bond acceptors (Lipinski definition) is 5. The van der Waals surface area contributed by atoms with Gasteiger partial charge in [0.05, 0.1) is 18.4 Å². The molecule has 2 heterocycles. The van der Waals surface area contributed by atoms with Gasteiger partial charge in [0.1, 0.15) is 0 Å². The molecule has 4 rings (SSSR count). The summed E-state index contributed by atoms with van der Waals surface area (Å²) >= 11 is 1.39. The average Bonchev–Trinajstić information content (AvgIpc) is 3.41. The quantitative estimate of drug-likeness (QED) is 0.370. The highest BCUT2D eigenvalue weighted by molar-refractivity contribution is 7.14. The summed E-state index contributed by atoms with van der Waals surface area (Å²) in [4.78, 5) is 28.8. The van der Waals surface area contributed by atoms with Gasteiger partial charge in [0.15, 0.2) is 5.13 Å². The third kappa shape index (κ3) is 5.04. The van der Waals surface area contributed by atoms with Crippen LogP contribution in [-0.2, 0) is 17.7 Å². The molecule has 6 nitrogen and oxygen atoms in total. The fourth-order valence-electron chi connectivity index (χ4n) is 3.79. The molecule has 2 aromatic heterocycles. The number of carbonyl (C=O) groups is 2. The summed E-state index contributed by atoms with van der Waals surface area (Å²) in [5, 5.41) is 5.33. The minimum atomic E-state index is -0.437. The van der Waals surface area contributed by atoms with Crippen LogP contribution >= 0.6 is 11.3 Å². The van der Waals surface area contributed by atoms with E-state index < -0.39 is 5.97 Å². The predicted octanol–water partition coefficient (Wildman–Crippen LogP) is 5.51. The molecule has 0 aliphatic heterocycles. The number of benzene rings is 2. The molecule has 7 heteroatoms. The molecule has 2 aromatic carbocycles. The van der Waals surface area contributed by atoms with E-state index in [1.54, 1.807) is 24.3 Å². The van der Waals surface area contributed by atoms with Gasteiger partial charge in [0.2, 0.25) is 0 Å². The molecule has 0 spiro atoms. The Labute approximate surface area is 196 Å². The summed E-state index contributed by atoms with van der Waals surface area (Å²) in [5.41, 5.74) is 6.40. The van der Waals surface area contributed by atoms with Crippen LogP contribution in [0.2, 0.25) is 0 Å². The van der Waals surface area contributed by atoms with Crippen molar-refractivity contribution in [1.82, 2.24) is 9.55 Å². The number of aromatic nitrogens is 2.